The van der Waals surface area contributed by atoms with Crippen LogP contribution in [0.1, 0.15) is 53.0 Å². The number of rotatable bonds is 5. The van der Waals surface area contributed by atoms with Crippen LogP contribution < -0.4 is 5.32 Å². The van der Waals surface area contributed by atoms with E-state index < -0.39 is 9.84 Å². The third-order valence-electron chi connectivity index (χ3n) is 6.31. The molecule has 0 aromatic carbocycles. The quantitative estimate of drug-likeness (QED) is 0.461. The van der Waals surface area contributed by atoms with E-state index in [9.17, 15) is 13.2 Å². The number of carbonyl (C=O) groups is 1. The lowest BCUT2D eigenvalue weighted by Gasteiger charge is -2.12. The van der Waals surface area contributed by atoms with Crippen LogP contribution in [0.15, 0.2) is 37.1 Å². The number of hydrogen-bond acceptors (Lipinski definition) is 8. The monoisotopic (exact) mass is 478 g/mol. The Balaban J connectivity index is 1.37. The topological polar surface area (TPSA) is 138 Å². The number of amides is 1. The molecule has 4 aromatic heterocycles. The summed E-state index contributed by atoms with van der Waals surface area (Å²) in [5.41, 5.74) is 3.10. The highest BCUT2D eigenvalue weighted by molar-refractivity contribution is 7.91. The lowest BCUT2D eigenvalue weighted by atomic mass is 10.1. The number of nitrogens with zero attached hydrogens (tertiary/aromatic N) is 7. The maximum Gasteiger partial charge on any atom is 0.256 e. The van der Waals surface area contributed by atoms with Gasteiger partial charge in [0.05, 0.1) is 46.1 Å². The fraction of sp³-hybridized carbons (Fsp3) is 0.364. The van der Waals surface area contributed by atoms with Crippen molar-refractivity contribution in [2.75, 3.05) is 16.8 Å². The molecular formula is C22H22N8O3S. The zero-order valence-electron chi connectivity index (χ0n) is 18.4. The van der Waals surface area contributed by atoms with E-state index in [4.69, 9.17) is 4.98 Å². The minimum atomic E-state index is -3.09. The van der Waals surface area contributed by atoms with Gasteiger partial charge in [0.25, 0.3) is 5.91 Å². The normalized spacial score (nSPS) is 19.5. The SMILES string of the molecule is Cc1nn(C2CCS(=O)(=O)C2)c2nc(C3CC3)cc(C(=O)Nc3ccc(-n4cncn4)nc3)c12. The zero-order chi connectivity index (χ0) is 23.4. The van der Waals surface area contributed by atoms with E-state index in [0.29, 0.717) is 46.1 Å². The number of fused-ring (bicyclic) bond motifs is 1. The van der Waals surface area contributed by atoms with Crippen molar-refractivity contribution in [1.29, 1.82) is 0 Å². The molecule has 12 heteroatoms. The van der Waals surface area contributed by atoms with Gasteiger partial charge in [0, 0.05) is 11.6 Å². The number of anilines is 1. The van der Waals surface area contributed by atoms with Gasteiger partial charge in [0.15, 0.2) is 21.3 Å². The Morgan fingerprint density at radius 3 is 2.71 bits per heavy atom. The van der Waals surface area contributed by atoms with E-state index in [0.717, 1.165) is 18.5 Å². The first-order chi connectivity index (χ1) is 16.4. The molecule has 1 aliphatic carbocycles. The molecule has 1 atom stereocenters. The molecule has 0 bridgehead atoms. The van der Waals surface area contributed by atoms with Gasteiger partial charge in [0.1, 0.15) is 12.7 Å². The summed E-state index contributed by atoms with van der Waals surface area (Å²) < 4.78 is 27.4. The first-order valence-electron chi connectivity index (χ1n) is 11.1. The fourth-order valence-corrected chi connectivity index (χ4v) is 6.14. The standard InChI is InChI=1S/C22H22N8O3S/c1-13-20-17(22(31)26-15-4-5-19(24-9-15)29-12-23-11-25-29)8-18(14-2-3-14)27-21(20)30(28-13)16-6-7-34(32,33)10-16/h4-5,8-9,11-12,14,16H,2-3,6-7,10H2,1H3,(H,26,31). The minimum Gasteiger partial charge on any atom is -0.321 e. The van der Waals surface area contributed by atoms with E-state index in [1.807, 2.05) is 13.0 Å². The Morgan fingerprint density at radius 2 is 2.06 bits per heavy atom. The van der Waals surface area contributed by atoms with Crippen molar-refractivity contribution >= 4 is 32.5 Å². The molecule has 5 heterocycles. The molecule has 1 saturated heterocycles. The second-order valence-electron chi connectivity index (χ2n) is 8.85. The number of aromatic nitrogens is 7. The number of sulfone groups is 1. The average molecular weight is 479 g/mol. The molecule has 34 heavy (non-hydrogen) atoms. The van der Waals surface area contributed by atoms with Crippen LogP contribution in [0, 0.1) is 6.92 Å². The van der Waals surface area contributed by atoms with Crippen molar-refractivity contribution in [3.05, 3.63) is 54.0 Å². The third-order valence-corrected chi connectivity index (χ3v) is 8.06. The molecule has 0 spiro atoms. The summed E-state index contributed by atoms with van der Waals surface area (Å²) in [6.45, 7) is 1.83. The van der Waals surface area contributed by atoms with Crippen LogP contribution >= 0.6 is 0 Å². The van der Waals surface area contributed by atoms with E-state index in [1.54, 1.807) is 29.3 Å². The second kappa shape index (κ2) is 7.69. The first kappa shape index (κ1) is 20.9. The minimum absolute atomic E-state index is 0.0455. The van der Waals surface area contributed by atoms with Crippen molar-refractivity contribution in [2.45, 2.75) is 38.1 Å². The van der Waals surface area contributed by atoms with E-state index >= 15 is 0 Å². The van der Waals surface area contributed by atoms with Gasteiger partial charge < -0.3 is 5.32 Å². The first-order valence-corrected chi connectivity index (χ1v) is 12.9. The molecule has 1 unspecified atom stereocenters. The van der Waals surface area contributed by atoms with Crippen LogP contribution in [0.4, 0.5) is 5.69 Å². The summed E-state index contributed by atoms with van der Waals surface area (Å²) in [5.74, 6) is 0.804. The lowest BCUT2D eigenvalue weighted by molar-refractivity contribution is 0.102. The van der Waals surface area contributed by atoms with Crippen molar-refractivity contribution in [3.8, 4) is 5.82 Å². The fourth-order valence-electron chi connectivity index (χ4n) is 4.44. The maximum atomic E-state index is 13.4. The molecule has 11 nitrogen and oxygen atoms in total. The van der Waals surface area contributed by atoms with Crippen LogP contribution in [0.25, 0.3) is 16.9 Å². The number of pyridine rings is 2. The number of nitrogens with one attached hydrogen (secondary N) is 1. The van der Waals surface area contributed by atoms with Crippen molar-refractivity contribution in [2.24, 2.45) is 0 Å². The third kappa shape index (κ3) is 3.73. The molecule has 1 N–H and O–H groups in total. The largest absolute Gasteiger partial charge is 0.321 e. The van der Waals surface area contributed by atoms with Gasteiger partial charge in [0.2, 0.25) is 0 Å². The van der Waals surface area contributed by atoms with Crippen LogP contribution in [-0.2, 0) is 9.84 Å². The highest BCUT2D eigenvalue weighted by atomic mass is 32.2. The van der Waals surface area contributed by atoms with Gasteiger partial charge in [-0.05, 0) is 44.4 Å². The smallest absolute Gasteiger partial charge is 0.256 e. The Bertz CT molecular complexity index is 1510. The van der Waals surface area contributed by atoms with Gasteiger partial charge >= 0.3 is 0 Å². The van der Waals surface area contributed by atoms with Crippen molar-refractivity contribution < 1.29 is 13.2 Å². The van der Waals surface area contributed by atoms with Gasteiger partial charge in [-0.1, -0.05) is 0 Å². The zero-order valence-corrected chi connectivity index (χ0v) is 19.2. The summed E-state index contributed by atoms with van der Waals surface area (Å²) in [6, 6.07) is 5.07. The highest BCUT2D eigenvalue weighted by Crippen LogP contribution is 2.41. The van der Waals surface area contributed by atoms with Crippen molar-refractivity contribution in [3.63, 3.8) is 0 Å². The maximum absolute atomic E-state index is 13.4. The molecule has 2 aliphatic rings. The molecule has 2 fully saturated rings. The molecule has 0 radical (unpaired) electrons. The number of carbonyl (C=O) groups excluding carboxylic acids is 1. The van der Waals surface area contributed by atoms with Gasteiger partial charge in [-0.25, -0.2) is 32.7 Å². The summed E-state index contributed by atoms with van der Waals surface area (Å²) in [4.78, 5) is 26.5. The summed E-state index contributed by atoms with van der Waals surface area (Å²) in [6.07, 6.45) is 7.08. The molecule has 174 valence electrons. The Hall–Kier alpha value is -3.67. The summed E-state index contributed by atoms with van der Waals surface area (Å²) in [5, 5.41) is 12.2. The molecule has 1 saturated carbocycles. The van der Waals surface area contributed by atoms with E-state index in [1.165, 1.54) is 11.0 Å². The van der Waals surface area contributed by atoms with Gasteiger partial charge in [-0.3, -0.25) is 4.79 Å². The van der Waals surface area contributed by atoms with Crippen LogP contribution in [0.5, 0.6) is 0 Å². The summed E-state index contributed by atoms with van der Waals surface area (Å²) in [7, 11) is -3.09. The Morgan fingerprint density at radius 1 is 1.21 bits per heavy atom. The van der Waals surface area contributed by atoms with Gasteiger partial charge in [-0.2, -0.15) is 10.2 Å². The highest BCUT2D eigenvalue weighted by Gasteiger charge is 2.34. The van der Waals surface area contributed by atoms with Gasteiger partial charge in [-0.15, -0.1) is 0 Å². The Labute approximate surface area is 195 Å². The van der Waals surface area contributed by atoms with E-state index in [-0.39, 0.29) is 23.5 Å². The summed E-state index contributed by atoms with van der Waals surface area (Å²) >= 11 is 0. The van der Waals surface area contributed by atoms with E-state index in [2.05, 4.69) is 25.5 Å². The Kier molecular flexibility index (Phi) is 4.73. The molecule has 4 aromatic rings. The number of aryl methyl sites for hydroxylation is 1. The molecule has 6 rings (SSSR count). The molecular weight excluding hydrogens is 456 g/mol. The predicted octanol–water partition coefficient (Wildman–Crippen LogP) is 2.20. The lowest BCUT2D eigenvalue weighted by Crippen LogP contribution is -2.15. The van der Waals surface area contributed by atoms with Crippen molar-refractivity contribution in [1.82, 2.24) is 34.5 Å². The van der Waals surface area contributed by atoms with Crippen LogP contribution in [-0.4, -0.2) is 60.3 Å². The second-order valence-corrected chi connectivity index (χ2v) is 11.1. The van der Waals surface area contributed by atoms with Crippen LogP contribution in [0.3, 0.4) is 0 Å². The molecule has 1 aliphatic heterocycles. The average Bonchev–Trinajstić information content (AvgIpc) is 3.24. The van der Waals surface area contributed by atoms with Crippen LogP contribution in [0.2, 0.25) is 0 Å². The molecule has 1 amide bonds. The number of hydrogen-bond donors (Lipinski definition) is 1. The predicted molar refractivity (Wildman–Crippen MR) is 124 cm³/mol.